The van der Waals surface area contributed by atoms with Gasteiger partial charge in [0.25, 0.3) is 0 Å². The lowest BCUT2D eigenvalue weighted by atomic mass is 9.65. The molecule has 0 radical (unpaired) electrons. The van der Waals surface area contributed by atoms with Crippen molar-refractivity contribution in [1.29, 1.82) is 5.26 Å². The highest BCUT2D eigenvalue weighted by Crippen LogP contribution is 2.44. The molecule has 1 aromatic carbocycles. The molecule has 2 aliphatic rings. The topological polar surface area (TPSA) is 60.6 Å². The predicted octanol–water partition coefficient (Wildman–Crippen LogP) is 6.04. The van der Waals surface area contributed by atoms with Crippen LogP contribution >= 0.6 is 0 Å². The van der Waals surface area contributed by atoms with Gasteiger partial charge in [0, 0.05) is 42.0 Å². The van der Waals surface area contributed by atoms with Crippen molar-refractivity contribution in [3.05, 3.63) is 53.7 Å². The third kappa shape index (κ3) is 4.38. The van der Waals surface area contributed by atoms with Crippen LogP contribution in [0.3, 0.4) is 0 Å². The molecule has 0 bridgehead atoms. The van der Waals surface area contributed by atoms with Crippen LogP contribution in [-0.2, 0) is 12.5 Å². The monoisotopic (exact) mass is 461 g/mol. The summed E-state index contributed by atoms with van der Waals surface area (Å²) in [6.45, 7) is 3.15. The zero-order chi connectivity index (χ0) is 23.5. The van der Waals surface area contributed by atoms with E-state index in [1.165, 1.54) is 49.9 Å². The van der Waals surface area contributed by atoms with Crippen molar-refractivity contribution in [2.45, 2.75) is 69.1 Å². The normalized spacial score (nSPS) is 20.4. The lowest BCUT2D eigenvalue weighted by molar-refractivity contribution is 0.185. The first-order valence-corrected chi connectivity index (χ1v) is 13.0. The number of hydrogen-bond acceptors (Lipinski definition) is 3. The third-order valence-electron chi connectivity index (χ3n) is 8.49. The van der Waals surface area contributed by atoms with Crippen LogP contribution in [0, 0.1) is 23.1 Å². The van der Waals surface area contributed by atoms with Gasteiger partial charge in [-0.1, -0.05) is 19.3 Å². The lowest BCUT2D eigenvalue weighted by Crippen LogP contribution is -2.39. The van der Waals surface area contributed by atoms with Crippen LogP contribution in [-0.4, -0.2) is 39.3 Å². The Hall–Kier alpha value is -2.65. The minimum Gasteiger partial charge on any atom is -0.353 e. The fraction of sp³-hybridized carbons (Fsp3) is 0.571. The maximum Gasteiger partial charge on any atom is 0.125 e. The number of nitriles is 1. The van der Waals surface area contributed by atoms with Crippen molar-refractivity contribution in [2.75, 3.05) is 19.6 Å². The van der Waals surface area contributed by atoms with E-state index in [-0.39, 0.29) is 11.2 Å². The van der Waals surface area contributed by atoms with E-state index >= 15 is 0 Å². The second-order valence-corrected chi connectivity index (χ2v) is 10.4. The number of halogens is 1. The number of benzene rings is 1. The van der Waals surface area contributed by atoms with Gasteiger partial charge in [-0.15, -0.1) is 0 Å². The van der Waals surface area contributed by atoms with E-state index < -0.39 is 0 Å². The van der Waals surface area contributed by atoms with Crippen LogP contribution < -0.4 is 0 Å². The van der Waals surface area contributed by atoms with Crippen molar-refractivity contribution in [3.8, 4) is 6.07 Å². The molecule has 1 aliphatic heterocycles. The number of aryl methyl sites for hydroxylation is 1. The summed E-state index contributed by atoms with van der Waals surface area (Å²) in [4.78, 5) is 2.56. The van der Waals surface area contributed by atoms with E-state index in [1.807, 2.05) is 6.07 Å². The van der Waals surface area contributed by atoms with E-state index in [0.29, 0.717) is 17.4 Å². The molecule has 3 aromatic rings. The smallest absolute Gasteiger partial charge is 0.125 e. The Morgan fingerprint density at radius 2 is 1.94 bits per heavy atom. The molecule has 1 aliphatic carbocycles. The van der Waals surface area contributed by atoms with E-state index in [2.05, 4.69) is 51.1 Å². The summed E-state index contributed by atoms with van der Waals surface area (Å²) < 4.78 is 15.7. The van der Waals surface area contributed by atoms with E-state index in [4.69, 9.17) is 0 Å². The Balaban J connectivity index is 1.21. The molecule has 1 unspecified atom stereocenters. The number of aromatic nitrogens is 3. The molecule has 1 atom stereocenters. The Labute approximate surface area is 201 Å². The van der Waals surface area contributed by atoms with Crippen LogP contribution in [0.1, 0.15) is 75.1 Å². The van der Waals surface area contributed by atoms with Crippen LogP contribution in [0.2, 0.25) is 0 Å². The molecule has 6 heteroatoms. The van der Waals surface area contributed by atoms with Crippen molar-refractivity contribution < 1.29 is 4.39 Å². The molecule has 34 heavy (non-hydrogen) atoms. The van der Waals surface area contributed by atoms with Crippen LogP contribution in [0.5, 0.6) is 0 Å². The van der Waals surface area contributed by atoms with Gasteiger partial charge in [0.2, 0.25) is 0 Å². The lowest BCUT2D eigenvalue weighted by Gasteiger charge is -2.39. The molecule has 2 aromatic heterocycles. The van der Waals surface area contributed by atoms with Gasteiger partial charge in [-0.25, -0.2) is 4.39 Å². The SMILES string of the molecule is Cn1cccc1C(C#N)(CCCN1CCC(c2[nH]nc3cc(F)ccc23)CC1)C1CCCCC1. The molecule has 3 heterocycles. The standard InChI is InChI=1S/C28H36FN5/c1-33-15-5-9-26(33)28(20-30,22-7-3-2-4-8-22)14-6-16-34-17-12-21(13-18-34)27-24-11-10-23(29)19-25(24)31-32-27/h5,9-11,15,19,21-22H,2-4,6-8,12-14,16-18H2,1H3,(H,31,32). The van der Waals surface area contributed by atoms with Crippen molar-refractivity contribution in [2.24, 2.45) is 13.0 Å². The summed E-state index contributed by atoms with van der Waals surface area (Å²) in [5, 5.41) is 19.1. The molecule has 5 rings (SSSR count). The largest absolute Gasteiger partial charge is 0.353 e. The maximum atomic E-state index is 13.5. The highest BCUT2D eigenvalue weighted by molar-refractivity contribution is 5.81. The van der Waals surface area contributed by atoms with E-state index in [9.17, 15) is 9.65 Å². The van der Waals surface area contributed by atoms with Crippen LogP contribution in [0.15, 0.2) is 36.5 Å². The Kier molecular flexibility index (Phi) is 6.74. The van der Waals surface area contributed by atoms with Gasteiger partial charge in [-0.05, 0) is 88.3 Å². The highest BCUT2D eigenvalue weighted by atomic mass is 19.1. The summed E-state index contributed by atoms with van der Waals surface area (Å²) in [5.41, 5.74) is 2.69. The predicted molar refractivity (Wildman–Crippen MR) is 133 cm³/mol. The number of hydrogen-bond donors (Lipinski definition) is 1. The fourth-order valence-electron chi connectivity index (χ4n) is 6.61. The zero-order valence-electron chi connectivity index (χ0n) is 20.3. The van der Waals surface area contributed by atoms with Gasteiger partial charge in [0.05, 0.1) is 11.6 Å². The molecule has 1 N–H and O–H groups in total. The number of nitrogens with zero attached hydrogens (tertiary/aromatic N) is 4. The second-order valence-electron chi connectivity index (χ2n) is 10.4. The minimum absolute atomic E-state index is 0.239. The van der Waals surface area contributed by atoms with Crippen LogP contribution in [0.4, 0.5) is 4.39 Å². The number of H-pyrrole nitrogens is 1. The summed E-state index contributed by atoms with van der Waals surface area (Å²) in [6, 6.07) is 12.0. The quantitative estimate of drug-likeness (QED) is 0.466. The second kappa shape index (κ2) is 9.92. The molecule has 5 nitrogen and oxygen atoms in total. The van der Waals surface area contributed by atoms with Gasteiger partial charge in [0.1, 0.15) is 11.2 Å². The van der Waals surface area contributed by atoms with E-state index in [1.54, 1.807) is 0 Å². The molecule has 1 saturated heterocycles. The fourth-order valence-corrected chi connectivity index (χ4v) is 6.61. The Morgan fingerprint density at radius 3 is 2.65 bits per heavy atom. The Morgan fingerprint density at radius 1 is 1.15 bits per heavy atom. The summed E-state index contributed by atoms with van der Waals surface area (Å²) in [5.74, 6) is 0.664. The number of aromatic amines is 1. The average molecular weight is 462 g/mol. The first kappa shape index (κ1) is 23.1. The van der Waals surface area contributed by atoms with E-state index in [0.717, 1.165) is 56.4 Å². The van der Waals surface area contributed by atoms with Gasteiger partial charge >= 0.3 is 0 Å². The maximum absolute atomic E-state index is 13.5. The first-order valence-electron chi connectivity index (χ1n) is 13.0. The average Bonchev–Trinajstić information content (AvgIpc) is 3.49. The Bertz CT molecular complexity index is 1140. The zero-order valence-corrected chi connectivity index (χ0v) is 20.3. The summed E-state index contributed by atoms with van der Waals surface area (Å²) >= 11 is 0. The molecule has 180 valence electrons. The number of likely N-dealkylation sites (tertiary alicyclic amines) is 1. The van der Waals surface area contributed by atoms with Crippen molar-refractivity contribution in [1.82, 2.24) is 19.7 Å². The molecule has 1 saturated carbocycles. The van der Waals surface area contributed by atoms with Gasteiger partial charge < -0.3 is 9.47 Å². The van der Waals surface area contributed by atoms with Crippen molar-refractivity contribution >= 4 is 10.9 Å². The molecule has 0 amide bonds. The third-order valence-corrected chi connectivity index (χ3v) is 8.49. The van der Waals surface area contributed by atoms with Gasteiger partial charge in [-0.3, -0.25) is 5.10 Å². The number of fused-ring (bicyclic) bond motifs is 1. The summed E-state index contributed by atoms with van der Waals surface area (Å²) in [7, 11) is 2.09. The van der Waals surface area contributed by atoms with Crippen molar-refractivity contribution in [3.63, 3.8) is 0 Å². The molecular weight excluding hydrogens is 425 g/mol. The van der Waals surface area contributed by atoms with Gasteiger partial charge in [0.15, 0.2) is 0 Å². The first-order chi connectivity index (χ1) is 16.6. The molecule has 2 fully saturated rings. The number of piperidine rings is 1. The number of nitrogens with one attached hydrogen (secondary N) is 1. The highest BCUT2D eigenvalue weighted by Gasteiger charge is 2.42. The van der Waals surface area contributed by atoms with Crippen LogP contribution in [0.25, 0.3) is 10.9 Å². The molecular formula is C28H36FN5. The minimum atomic E-state index is -0.374. The molecule has 0 spiro atoms. The van der Waals surface area contributed by atoms with Gasteiger partial charge in [-0.2, -0.15) is 10.4 Å². The summed E-state index contributed by atoms with van der Waals surface area (Å²) in [6.07, 6.45) is 12.4. The number of rotatable bonds is 7.